The molecule has 80 valence electrons. The van der Waals surface area contributed by atoms with Crippen LogP contribution in [0.25, 0.3) is 0 Å². The quantitative estimate of drug-likeness (QED) is 0.855. The number of hydrogen-bond donors (Lipinski definition) is 1. The van der Waals surface area contributed by atoms with Gasteiger partial charge in [0.05, 0.1) is 4.47 Å². The van der Waals surface area contributed by atoms with Crippen molar-refractivity contribution in [2.45, 2.75) is 6.42 Å². The molecule has 1 aliphatic heterocycles. The molecule has 0 radical (unpaired) electrons. The van der Waals surface area contributed by atoms with Gasteiger partial charge in [-0.3, -0.25) is 9.69 Å². The minimum absolute atomic E-state index is 0.00606. The van der Waals surface area contributed by atoms with E-state index in [-0.39, 0.29) is 18.4 Å². The number of aliphatic hydroxyl groups is 1. The van der Waals surface area contributed by atoms with Gasteiger partial charge in [-0.15, -0.1) is 0 Å². The fourth-order valence-electron chi connectivity index (χ4n) is 1.61. The Labute approximate surface area is 95.3 Å². The first kappa shape index (κ1) is 10.5. The number of carbonyl (C=O) groups is 1. The molecule has 1 fully saturated rings. The maximum Gasteiger partial charge on any atom is 0.228 e. The summed E-state index contributed by atoms with van der Waals surface area (Å²) < 4.78 is 0.692. The van der Waals surface area contributed by atoms with Gasteiger partial charge < -0.3 is 5.11 Å². The van der Waals surface area contributed by atoms with Gasteiger partial charge in [-0.25, -0.2) is 9.97 Å². The molecule has 1 atom stereocenters. The van der Waals surface area contributed by atoms with Crippen molar-refractivity contribution >= 4 is 27.7 Å². The number of aromatic nitrogens is 2. The molecule has 1 aliphatic rings. The summed E-state index contributed by atoms with van der Waals surface area (Å²) in [6.45, 7) is 0.551. The molecule has 0 spiro atoms. The summed E-state index contributed by atoms with van der Waals surface area (Å²) in [5.74, 6) is 0.582. The highest BCUT2D eigenvalue weighted by Gasteiger charge is 2.31. The number of nitrogens with zero attached hydrogens (tertiary/aromatic N) is 3. The molecule has 2 heterocycles. The van der Waals surface area contributed by atoms with Gasteiger partial charge in [0.25, 0.3) is 0 Å². The van der Waals surface area contributed by atoms with Crippen LogP contribution in [0.4, 0.5) is 5.82 Å². The van der Waals surface area contributed by atoms with Crippen molar-refractivity contribution in [1.82, 2.24) is 9.97 Å². The van der Waals surface area contributed by atoms with Crippen LogP contribution in [0.3, 0.4) is 0 Å². The Morgan fingerprint density at radius 2 is 2.47 bits per heavy atom. The average Bonchev–Trinajstić information content (AvgIpc) is 2.60. The van der Waals surface area contributed by atoms with Crippen molar-refractivity contribution in [2.75, 3.05) is 18.1 Å². The number of amides is 1. The van der Waals surface area contributed by atoms with Crippen LogP contribution in [0, 0.1) is 5.92 Å². The summed E-state index contributed by atoms with van der Waals surface area (Å²) in [5, 5.41) is 8.99. The fraction of sp³-hybridized carbons (Fsp3) is 0.444. The third-order valence-corrected chi connectivity index (χ3v) is 2.93. The van der Waals surface area contributed by atoms with Crippen molar-refractivity contribution in [3.05, 3.63) is 17.0 Å². The molecule has 1 amide bonds. The Bertz CT molecular complexity index is 385. The highest BCUT2D eigenvalue weighted by atomic mass is 79.9. The lowest BCUT2D eigenvalue weighted by Gasteiger charge is -2.15. The molecule has 6 heteroatoms. The predicted octanol–water partition coefficient (Wildman–Crippen LogP) is 0.584. The van der Waals surface area contributed by atoms with Crippen LogP contribution in [-0.4, -0.2) is 34.1 Å². The van der Waals surface area contributed by atoms with Crippen LogP contribution < -0.4 is 4.90 Å². The van der Waals surface area contributed by atoms with Gasteiger partial charge in [0.1, 0.15) is 6.33 Å². The van der Waals surface area contributed by atoms with Gasteiger partial charge in [0.2, 0.25) is 5.91 Å². The molecule has 1 aromatic heterocycles. The van der Waals surface area contributed by atoms with Gasteiger partial charge in [-0.05, 0) is 15.9 Å². The highest BCUT2D eigenvalue weighted by Crippen LogP contribution is 2.28. The molecule has 0 aromatic carbocycles. The van der Waals surface area contributed by atoms with Crippen molar-refractivity contribution in [3.63, 3.8) is 0 Å². The SMILES string of the molecule is O=C1CC(CO)CN1c1ncncc1Br. The molecular formula is C9H10BrN3O2. The summed E-state index contributed by atoms with van der Waals surface area (Å²) in [6, 6.07) is 0. The van der Waals surface area contributed by atoms with E-state index in [9.17, 15) is 4.79 Å². The van der Waals surface area contributed by atoms with E-state index < -0.39 is 0 Å². The van der Waals surface area contributed by atoms with Crippen LogP contribution in [-0.2, 0) is 4.79 Å². The van der Waals surface area contributed by atoms with E-state index in [0.717, 1.165) is 0 Å². The second-order valence-corrected chi connectivity index (χ2v) is 4.31. The first-order valence-corrected chi connectivity index (χ1v) is 5.38. The van der Waals surface area contributed by atoms with Crippen molar-refractivity contribution in [2.24, 2.45) is 5.92 Å². The van der Waals surface area contributed by atoms with Crippen LogP contribution in [0.2, 0.25) is 0 Å². The molecule has 1 N–H and O–H groups in total. The zero-order chi connectivity index (χ0) is 10.8. The predicted molar refractivity (Wildman–Crippen MR) is 57.3 cm³/mol. The highest BCUT2D eigenvalue weighted by molar-refractivity contribution is 9.10. The van der Waals surface area contributed by atoms with Gasteiger partial charge >= 0.3 is 0 Å². The first-order valence-electron chi connectivity index (χ1n) is 4.59. The largest absolute Gasteiger partial charge is 0.396 e. The number of anilines is 1. The van der Waals surface area contributed by atoms with Crippen LogP contribution in [0.15, 0.2) is 17.0 Å². The summed E-state index contributed by atoms with van der Waals surface area (Å²) in [7, 11) is 0. The van der Waals surface area contributed by atoms with Gasteiger partial charge in [0, 0.05) is 31.7 Å². The van der Waals surface area contributed by atoms with Crippen molar-refractivity contribution < 1.29 is 9.90 Å². The lowest BCUT2D eigenvalue weighted by atomic mass is 10.1. The second-order valence-electron chi connectivity index (χ2n) is 3.45. The number of halogens is 1. The maximum absolute atomic E-state index is 11.6. The number of rotatable bonds is 2. The Balaban J connectivity index is 2.25. The molecule has 1 unspecified atom stereocenters. The van der Waals surface area contributed by atoms with E-state index in [1.54, 1.807) is 11.1 Å². The topological polar surface area (TPSA) is 66.3 Å². The molecule has 0 saturated carbocycles. The van der Waals surface area contributed by atoms with E-state index in [4.69, 9.17) is 5.11 Å². The summed E-state index contributed by atoms with van der Waals surface area (Å²) in [5.41, 5.74) is 0. The first-order chi connectivity index (χ1) is 7.22. The lowest BCUT2D eigenvalue weighted by Crippen LogP contribution is -2.26. The zero-order valence-corrected chi connectivity index (χ0v) is 9.51. The van der Waals surface area contributed by atoms with Gasteiger partial charge in [0.15, 0.2) is 5.82 Å². The monoisotopic (exact) mass is 271 g/mol. The lowest BCUT2D eigenvalue weighted by molar-refractivity contribution is -0.117. The van der Waals surface area contributed by atoms with Crippen molar-refractivity contribution in [1.29, 1.82) is 0 Å². The summed E-state index contributed by atoms with van der Waals surface area (Å²) in [6.07, 6.45) is 3.38. The molecule has 1 aromatic rings. The molecule has 2 rings (SSSR count). The third kappa shape index (κ3) is 2.00. The van der Waals surface area contributed by atoms with E-state index in [2.05, 4.69) is 25.9 Å². The normalized spacial score (nSPS) is 21.1. The summed E-state index contributed by atoms with van der Waals surface area (Å²) in [4.78, 5) is 21.1. The molecule has 5 nitrogen and oxygen atoms in total. The van der Waals surface area contributed by atoms with Crippen molar-refractivity contribution in [3.8, 4) is 0 Å². The molecule has 15 heavy (non-hydrogen) atoms. The molecular weight excluding hydrogens is 262 g/mol. The minimum atomic E-state index is -0.00606. The zero-order valence-electron chi connectivity index (χ0n) is 7.93. The Morgan fingerprint density at radius 3 is 3.07 bits per heavy atom. The average molecular weight is 272 g/mol. The fourth-order valence-corrected chi connectivity index (χ4v) is 2.05. The molecule has 0 bridgehead atoms. The van der Waals surface area contributed by atoms with E-state index in [1.807, 2.05) is 0 Å². The van der Waals surface area contributed by atoms with Crippen LogP contribution >= 0.6 is 15.9 Å². The van der Waals surface area contributed by atoms with Crippen LogP contribution in [0.1, 0.15) is 6.42 Å². The number of hydrogen-bond acceptors (Lipinski definition) is 4. The standard InChI is InChI=1S/C9H10BrN3O2/c10-7-2-11-5-12-9(7)13-3-6(4-14)1-8(13)15/h2,5-6,14H,1,3-4H2. The third-order valence-electron chi connectivity index (χ3n) is 2.37. The van der Waals surface area contributed by atoms with Gasteiger partial charge in [-0.2, -0.15) is 0 Å². The van der Waals surface area contributed by atoms with Gasteiger partial charge in [-0.1, -0.05) is 0 Å². The van der Waals surface area contributed by atoms with Crippen LogP contribution in [0.5, 0.6) is 0 Å². The Morgan fingerprint density at radius 1 is 1.67 bits per heavy atom. The van der Waals surface area contributed by atoms with E-state index >= 15 is 0 Å². The number of aliphatic hydroxyl groups excluding tert-OH is 1. The Hall–Kier alpha value is -1.01. The number of carbonyl (C=O) groups excluding carboxylic acids is 1. The smallest absolute Gasteiger partial charge is 0.228 e. The molecule has 0 aliphatic carbocycles. The molecule has 1 saturated heterocycles. The maximum atomic E-state index is 11.6. The van der Waals surface area contributed by atoms with E-state index in [0.29, 0.717) is 23.3 Å². The second kappa shape index (κ2) is 4.24. The minimum Gasteiger partial charge on any atom is -0.396 e. The van der Waals surface area contributed by atoms with E-state index in [1.165, 1.54) is 6.33 Å². The summed E-state index contributed by atoms with van der Waals surface area (Å²) >= 11 is 3.29. The Kier molecular flexibility index (Phi) is 2.97.